The number of aromatic nitrogens is 2. The fourth-order valence-corrected chi connectivity index (χ4v) is 2.90. The third kappa shape index (κ3) is 5.35. The summed E-state index contributed by atoms with van der Waals surface area (Å²) in [4.78, 5) is 13.1. The van der Waals surface area contributed by atoms with Crippen molar-refractivity contribution in [2.45, 2.75) is 18.2 Å². The zero-order valence-corrected chi connectivity index (χ0v) is 15.2. The molecule has 7 heteroatoms. The van der Waals surface area contributed by atoms with Crippen molar-refractivity contribution in [3.05, 3.63) is 66.1 Å². The standard InChI is InChI=1S/C19H19N3O3S/c1-2-26-16-10-8-14(9-11-16)12-18-21-22-19(25-18)20-17(23)13-24-15-6-4-3-5-7-15/h3-11H,2,12-13H2,1H3,(H,20,22,23). The first-order valence-electron chi connectivity index (χ1n) is 8.25. The Kier molecular flexibility index (Phi) is 6.27. The van der Waals surface area contributed by atoms with Gasteiger partial charge >= 0.3 is 6.01 Å². The summed E-state index contributed by atoms with van der Waals surface area (Å²) in [5.74, 6) is 1.75. The summed E-state index contributed by atoms with van der Waals surface area (Å²) in [7, 11) is 0. The third-order valence-electron chi connectivity index (χ3n) is 3.42. The maximum Gasteiger partial charge on any atom is 0.322 e. The van der Waals surface area contributed by atoms with Gasteiger partial charge in [-0.25, -0.2) is 0 Å². The maximum absolute atomic E-state index is 11.9. The maximum atomic E-state index is 11.9. The van der Waals surface area contributed by atoms with Crippen LogP contribution in [0.4, 0.5) is 6.01 Å². The monoisotopic (exact) mass is 369 g/mol. The summed E-state index contributed by atoms with van der Waals surface area (Å²) >= 11 is 1.79. The number of hydrogen-bond acceptors (Lipinski definition) is 6. The summed E-state index contributed by atoms with van der Waals surface area (Å²) in [6.45, 7) is 2.00. The number of nitrogens with one attached hydrogen (secondary N) is 1. The van der Waals surface area contributed by atoms with Crippen LogP contribution in [-0.2, 0) is 11.2 Å². The van der Waals surface area contributed by atoms with Crippen molar-refractivity contribution in [3.8, 4) is 5.75 Å². The van der Waals surface area contributed by atoms with Gasteiger partial charge in [0.15, 0.2) is 6.61 Å². The number of amides is 1. The van der Waals surface area contributed by atoms with Crippen molar-refractivity contribution >= 4 is 23.7 Å². The zero-order chi connectivity index (χ0) is 18.2. The van der Waals surface area contributed by atoms with Crippen LogP contribution in [0.2, 0.25) is 0 Å². The first kappa shape index (κ1) is 18.0. The van der Waals surface area contributed by atoms with Crippen LogP contribution >= 0.6 is 11.8 Å². The lowest BCUT2D eigenvalue weighted by molar-refractivity contribution is -0.118. The van der Waals surface area contributed by atoms with Crippen molar-refractivity contribution in [3.63, 3.8) is 0 Å². The van der Waals surface area contributed by atoms with Gasteiger partial charge in [0.2, 0.25) is 5.89 Å². The Morgan fingerprint density at radius 3 is 2.62 bits per heavy atom. The van der Waals surface area contributed by atoms with Crippen LogP contribution in [0, 0.1) is 0 Å². The Balaban J connectivity index is 1.50. The molecule has 0 bridgehead atoms. The van der Waals surface area contributed by atoms with E-state index in [1.807, 2.05) is 30.3 Å². The van der Waals surface area contributed by atoms with E-state index in [1.54, 1.807) is 23.9 Å². The molecule has 1 N–H and O–H groups in total. The second-order valence-corrected chi connectivity index (χ2v) is 6.74. The number of nitrogens with zero attached hydrogens (tertiary/aromatic N) is 2. The smallest absolute Gasteiger partial charge is 0.322 e. The molecule has 6 nitrogen and oxygen atoms in total. The van der Waals surface area contributed by atoms with E-state index in [0.29, 0.717) is 18.1 Å². The molecule has 2 aromatic carbocycles. The van der Waals surface area contributed by atoms with Crippen molar-refractivity contribution in [1.29, 1.82) is 0 Å². The summed E-state index contributed by atoms with van der Waals surface area (Å²) < 4.78 is 10.8. The van der Waals surface area contributed by atoms with Gasteiger partial charge in [0.25, 0.3) is 5.91 Å². The molecule has 0 fully saturated rings. The summed E-state index contributed by atoms with van der Waals surface area (Å²) in [5.41, 5.74) is 1.07. The Morgan fingerprint density at radius 2 is 1.88 bits per heavy atom. The zero-order valence-electron chi connectivity index (χ0n) is 14.3. The molecule has 26 heavy (non-hydrogen) atoms. The van der Waals surface area contributed by atoms with Gasteiger partial charge in [-0.05, 0) is 35.6 Å². The van der Waals surface area contributed by atoms with Crippen LogP contribution in [0.1, 0.15) is 18.4 Å². The summed E-state index contributed by atoms with van der Waals surface area (Å²) in [6, 6.07) is 17.4. The van der Waals surface area contributed by atoms with E-state index in [-0.39, 0.29) is 18.5 Å². The van der Waals surface area contributed by atoms with Crippen molar-refractivity contribution in [2.75, 3.05) is 17.7 Å². The highest BCUT2D eigenvalue weighted by Gasteiger charge is 2.11. The topological polar surface area (TPSA) is 77.2 Å². The molecule has 1 aromatic heterocycles. The van der Waals surface area contributed by atoms with Crippen LogP contribution in [0.3, 0.4) is 0 Å². The third-order valence-corrected chi connectivity index (χ3v) is 4.31. The summed E-state index contributed by atoms with van der Waals surface area (Å²) in [6.07, 6.45) is 0.514. The van der Waals surface area contributed by atoms with Gasteiger partial charge in [-0.15, -0.1) is 16.9 Å². The van der Waals surface area contributed by atoms with Gasteiger partial charge in [0.1, 0.15) is 5.75 Å². The second-order valence-electron chi connectivity index (χ2n) is 5.40. The lowest BCUT2D eigenvalue weighted by atomic mass is 10.1. The van der Waals surface area contributed by atoms with Crippen LogP contribution in [0.15, 0.2) is 63.9 Å². The quantitative estimate of drug-likeness (QED) is 0.609. The SMILES string of the molecule is CCSc1ccc(Cc2nnc(NC(=O)COc3ccccc3)o2)cc1. The minimum Gasteiger partial charge on any atom is -0.484 e. The molecular formula is C19H19N3O3S. The van der Waals surface area contributed by atoms with Crippen molar-refractivity contribution in [2.24, 2.45) is 0 Å². The number of ether oxygens (including phenoxy) is 1. The molecule has 0 aliphatic carbocycles. The molecule has 0 spiro atoms. The molecule has 134 valence electrons. The fraction of sp³-hybridized carbons (Fsp3) is 0.211. The Bertz CT molecular complexity index is 835. The molecule has 0 radical (unpaired) electrons. The van der Waals surface area contributed by atoms with Gasteiger partial charge in [0, 0.05) is 4.90 Å². The lowest BCUT2D eigenvalue weighted by Crippen LogP contribution is -2.20. The van der Waals surface area contributed by atoms with Gasteiger partial charge in [0.05, 0.1) is 6.42 Å². The number of benzene rings is 2. The molecule has 0 aliphatic heterocycles. The average molecular weight is 369 g/mol. The number of para-hydroxylation sites is 1. The molecule has 0 aliphatic rings. The van der Waals surface area contributed by atoms with Crippen LogP contribution in [0.5, 0.6) is 5.75 Å². The van der Waals surface area contributed by atoms with Gasteiger partial charge < -0.3 is 9.15 Å². The largest absolute Gasteiger partial charge is 0.484 e. The molecular weight excluding hydrogens is 350 g/mol. The predicted octanol–water partition coefficient (Wildman–Crippen LogP) is 3.79. The molecule has 1 heterocycles. The highest BCUT2D eigenvalue weighted by molar-refractivity contribution is 7.99. The number of hydrogen-bond donors (Lipinski definition) is 1. The Labute approximate surface area is 156 Å². The number of carbonyl (C=O) groups excluding carboxylic acids is 1. The number of anilines is 1. The van der Waals surface area contributed by atoms with Gasteiger partial charge in [-0.2, -0.15) is 0 Å². The van der Waals surface area contributed by atoms with Crippen LogP contribution in [0.25, 0.3) is 0 Å². The van der Waals surface area contributed by atoms with Crippen molar-refractivity contribution in [1.82, 2.24) is 10.2 Å². The number of thioether (sulfide) groups is 1. The molecule has 3 rings (SSSR count). The van der Waals surface area contributed by atoms with E-state index >= 15 is 0 Å². The highest BCUT2D eigenvalue weighted by atomic mass is 32.2. The van der Waals surface area contributed by atoms with E-state index < -0.39 is 0 Å². The fourth-order valence-electron chi connectivity index (χ4n) is 2.24. The molecule has 0 saturated heterocycles. The Morgan fingerprint density at radius 1 is 1.12 bits per heavy atom. The average Bonchev–Trinajstić information content (AvgIpc) is 3.09. The van der Waals surface area contributed by atoms with E-state index in [9.17, 15) is 4.79 Å². The second kappa shape index (κ2) is 9.05. The molecule has 3 aromatic rings. The van der Waals surface area contributed by atoms with Crippen LogP contribution < -0.4 is 10.1 Å². The molecule has 0 saturated carbocycles. The van der Waals surface area contributed by atoms with E-state index in [1.165, 1.54) is 4.90 Å². The highest BCUT2D eigenvalue weighted by Crippen LogP contribution is 2.19. The molecule has 1 amide bonds. The first-order chi connectivity index (χ1) is 12.7. The van der Waals surface area contributed by atoms with Crippen molar-refractivity contribution < 1.29 is 13.9 Å². The van der Waals surface area contributed by atoms with Gasteiger partial charge in [-0.1, -0.05) is 42.4 Å². The number of carbonyl (C=O) groups is 1. The van der Waals surface area contributed by atoms with E-state index in [0.717, 1.165) is 11.3 Å². The van der Waals surface area contributed by atoms with E-state index in [4.69, 9.17) is 9.15 Å². The minimum absolute atomic E-state index is 0.0693. The Hall–Kier alpha value is -2.80. The predicted molar refractivity (Wildman–Crippen MR) is 101 cm³/mol. The van der Waals surface area contributed by atoms with E-state index in [2.05, 4.69) is 34.6 Å². The van der Waals surface area contributed by atoms with Gasteiger partial charge in [-0.3, -0.25) is 10.1 Å². The lowest BCUT2D eigenvalue weighted by Gasteiger charge is -2.04. The van der Waals surface area contributed by atoms with Crippen LogP contribution in [-0.4, -0.2) is 28.5 Å². The normalized spacial score (nSPS) is 10.5. The minimum atomic E-state index is -0.356. The first-order valence-corrected chi connectivity index (χ1v) is 9.23. The molecule has 0 unspecified atom stereocenters. The number of rotatable bonds is 8. The molecule has 0 atom stereocenters. The summed E-state index contributed by atoms with van der Waals surface area (Å²) in [5, 5.41) is 10.3.